The molecule has 0 radical (unpaired) electrons. The quantitative estimate of drug-likeness (QED) is 0.690. The molecule has 16 heavy (non-hydrogen) atoms. The van der Waals surface area contributed by atoms with Crippen molar-refractivity contribution in [1.29, 1.82) is 0 Å². The Kier molecular flexibility index (Phi) is 2.52. The summed E-state index contributed by atoms with van der Waals surface area (Å²) >= 11 is 0. The molecule has 1 heteroatoms. The van der Waals surface area contributed by atoms with Gasteiger partial charge in [-0.2, -0.15) is 0 Å². The molecule has 1 aliphatic rings. The number of rotatable bonds is 0. The van der Waals surface area contributed by atoms with E-state index in [4.69, 9.17) is 0 Å². The highest BCUT2D eigenvalue weighted by molar-refractivity contribution is 5.59. The molecule has 0 spiro atoms. The molecule has 0 atom stereocenters. The van der Waals surface area contributed by atoms with Crippen molar-refractivity contribution in [1.82, 2.24) is 0 Å². The third-order valence-corrected chi connectivity index (χ3v) is 3.68. The van der Waals surface area contributed by atoms with Gasteiger partial charge in [0.2, 0.25) is 0 Å². The van der Waals surface area contributed by atoms with E-state index in [1.54, 1.807) is 0 Å². The fraction of sp³-hybridized carbons (Fsp3) is 0.600. The van der Waals surface area contributed by atoms with E-state index in [2.05, 4.69) is 58.1 Å². The van der Waals surface area contributed by atoms with Gasteiger partial charge in [0, 0.05) is 12.2 Å². The molecule has 0 aliphatic carbocycles. The summed E-state index contributed by atoms with van der Waals surface area (Å²) in [7, 11) is 0. The number of fused-ring (bicyclic) bond motifs is 1. The summed E-state index contributed by atoms with van der Waals surface area (Å²) in [6, 6.07) is 6.92. The summed E-state index contributed by atoms with van der Waals surface area (Å²) < 4.78 is 0. The first-order chi connectivity index (χ1) is 7.31. The van der Waals surface area contributed by atoms with Gasteiger partial charge in [-0.15, -0.1) is 0 Å². The predicted octanol–water partition coefficient (Wildman–Crippen LogP) is 4.08. The molecule has 0 saturated carbocycles. The van der Waals surface area contributed by atoms with Crippen molar-refractivity contribution in [3.8, 4) is 0 Å². The van der Waals surface area contributed by atoms with Gasteiger partial charge in [0.1, 0.15) is 0 Å². The van der Waals surface area contributed by atoms with Crippen LogP contribution in [0.3, 0.4) is 0 Å². The standard InChI is InChI=1S/C15H23N/c1-14(2,3)11-6-7-12-13(10-11)16-9-8-15(12,4)5/h6-7,10,16H,8-9H2,1-5H3. The Morgan fingerprint density at radius 1 is 1.19 bits per heavy atom. The first kappa shape index (κ1) is 11.5. The Bertz CT molecular complexity index is 396. The van der Waals surface area contributed by atoms with E-state index in [0.717, 1.165) is 6.54 Å². The fourth-order valence-electron chi connectivity index (χ4n) is 2.39. The average Bonchev–Trinajstić information content (AvgIpc) is 2.15. The van der Waals surface area contributed by atoms with Crippen molar-refractivity contribution in [3.63, 3.8) is 0 Å². The normalized spacial score (nSPS) is 18.8. The molecule has 1 N–H and O–H groups in total. The van der Waals surface area contributed by atoms with Gasteiger partial charge in [-0.05, 0) is 34.4 Å². The Morgan fingerprint density at radius 2 is 1.88 bits per heavy atom. The highest BCUT2D eigenvalue weighted by atomic mass is 14.9. The number of hydrogen-bond acceptors (Lipinski definition) is 1. The van der Waals surface area contributed by atoms with Crippen molar-refractivity contribution in [2.75, 3.05) is 11.9 Å². The highest BCUT2D eigenvalue weighted by Gasteiger charge is 2.28. The molecular formula is C15H23N. The zero-order chi connectivity index (χ0) is 12.0. The lowest BCUT2D eigenvalue weighted by molar-refractivity contribution is 0.480. The molecule has 1 aromatic rings. The highest BCUT2D eigenvalue weighted by Crippen LogP contribution is 2.38. The van der Waals surface area contributed by atoms with Gasteiger partial charge < -0.3 is 5.32 Å². The Morgan fingerprint density at radius 3 is 2.50 bits per heavy atom. The summed E-state index contributed by atoms with van der Waals surface area (Å²) in [5.74, 6) is 0. The topological polar surface area (TPSA) is 12.0 Å². The van der Waals surface area contributed by atoms with E-state index >= 15 is 0 Å². The number of hydrogen-bond donors (Lipinski definition) is 1. The molecule has 1 aromatic carbocycles. The van der Waals surface area contributed by atoms with Crippen LogP contribution in [-0.2, 0) is 10.8 Å². The SMILES string of the molecule is CC(C)(C)c1ccc2c(c1)NCCC2(C)C. The van der Waals surface area contributed by atoms with Gasteiger partial charge in [-0.3, -0.25) is 0 Å². The van der Waals surface area contributed by atoms with Crippen LogP contribution in [0.15, 0.2) is 18.2 Å². The lowest BCUT2D eigenvalue weighted by Crippen LogP contribution is -2.28. The summed E-state index contributed by atoms with van der Waals surface area (Å²) in [6.07, 6.45) is 1.22. The van der Waals surface area contributed by atoms with Crippen molar-refractivity contribution < 1.29 is 0 Å². The first-order valence-corrected chi connectivity index (χ1v) is 6.20. The van der Waals surface area contributed by atoms with Crippen LogP contribution in [0.2, 0.25) is 0 Å². The zero-order valence-corrected chi connectivity index (χ0v) is 11.1. The average molecular weight is 217 g/mol. The number of benzene rings is 1. The molecule has 1 nitrogen and oxygen atoms in total. The third-order valence-electron chi connectivity index (χ3n) is 3.68. The van der Waals surface area contributed by atoms with Crippen molar-refractivity contribution in [3.05, 3.63) is 29.3 Å². The van der Waals surface area contributed by atoms with E-state index < -0.39 is 0 Å². The number of anilines is 1. The van der Waals surface area contributed by atoms with Crippen LogP contribution in [0.4, 0.5) is 5.69 Å². The van der Waals surface area contributed by atoms with E-state index in [-0.39, 0.29) is 5.41 Å². The van der Waals surface area contributed by atoms with Gasteiger partial charge in [0.25, 0.3) is 0 Å². The molecule has 0 unspecified atom stereocenters. The van der Waals surface area contributed by atoms with Gasteiger partial charge >= 0.3 is 0 Å². The van der Waals surface area contributed by atoms with Crippen LogP contribution in [0.1, 0.15) is 52.2 Å². The first-order valence-electron chi connectivity index (χ1n) is 6.20. The Labute approximate surface area is 99.3 Å². The molecule has 0 aromatic heterocycles. The smallest absolute Gasteiger partial charge is 0.0381 e. The lowest BCUT2D eigenvalue weighted by Gasteiger charge is -2.34. The molecular weight excluding hydrogens is 194 g/mol. The minimum absolute atomic E-state index is 0.234. The Balaban J connectivity index is 2.48. The second-order valence-electron chi connectivity index (χ2n) is 6.57. The maximum Gasteiger partial charge on any atom is 0.0381 e. The van der Waals surface area contributed by atoms with Crippen LogP contribution >= 0.6 is 0 Å². The maximum atomic E-state index is 3.53. The molecule has 0 saturated heterocycles. The van der Waals surface area contributed by atoms with Crippen LogP contribution in [0.5, 0.6) is 0 Å². The van der Waals surface area contributed by atoms with Gasteiger partial charge in [-0.1, -0.05) is 46.8 Å². The van der Waals surface area contributed by atoms with Crippen molar-refractivity contribution >= 4 is 5.69 Å². The van der Waals surface area contributed by atoms with Crippen molar-refractivity contribution in [2.24, 2.45) is 0 Å². The lowest BCUT2D eigenvalue weighted by atomic mass is 9.76. The van der Waals surface area contributed by atoms with E-state index in [9.17, 15) is 0 Å². The van der Waals surface area contributed by atoms with E-state index in [0.29, 0.717) is 5.41 Å². The third kappa shape index (κ3) is 1.95. The summed E-state index contributed by atoms with van der Waals surface area (Å²) in [4.78, 5) is 0. The minimum atomic E-state index is 0.234. The van der Waals surface area contributed by atoms with Gasteiger partial charge in [0.05, 0.1) is 0 Å². The minimum Gasteiger partial charge on any atom is -0.385 e. The summed E-state index contributed by atoms with van der Waals surface area (Å²) in [5.41, 5.74) is 4.77. The second-order valence-corrected chi connectivity index (χ2v) is 6.57. The van der Waals surface area contributed by atoms with E-state index in [1.165, 1.54) is 23.2 Å². The zero-order valence-electron chi connectivity index (χ0n) is 11.1. The van der Waals surface area contributed by atoms with Gasteiger partial charge in [0.15, 0.2) is 0 Å². The molecule has 0 fully saturated rings. The molecule has 0 bridgehead atoms. The van der Waals surface area contributed by atoms with Crippen LogP contribution < -0.4 is 5.32 Å². The largest absolute Gasteiger partial charge is 0.385 e. The van der Waals surface area contributed by atoms with Crippen LogP contribution in [0, 0.1) is 0 Å². The molecule has 2 rings (SSSR count). The molecule has 88 valence electrons. The fourth-order valence-corrected chi connectivity index (χ4v) is 2.39. The number of nitrogens with one attached hydrogen (secondary N) is 1. The molecule has 1 aliphatic heterocycles. The predicted molar refractivity (Wildman–Crippen MR) is 71.3 cm³/mol. The molecule has 0 amide bonds. The second kappa shape index (κ2) is 3.51. The van der Waals surface area contributed by atoms with Crippen LogP contribution in [-0.4, -0.2) is 6.54 Å². The van der Waals surface area contributed by atoms with Crippen molar-refractivity contribution in [2.45, 2.75) is 51.9 Å². The van der Waals surface area contributed by atoms with Gasteiger partial charge in [-0.25, -0.2) is 0 Å². The monoisotopic (exact) mass is 217 g/mol. The summed E-state index contributed by atoms with van der Waals surface area (Å²) in [5, 5.41) is 3.53. The maximum absolute atomic E-state index is 3.53. The summed E-state index contributed by atoms with van der Waals surface area (Å²) in [6.45, 7) is 12.6. The van der Waals surface area contributed by atoms with Crippen LogP contribution in [0.25, 0.3) is 0 Å². The Hall–Kier alpha value is -0.980. The molecule has 1 heterocycles. The van der Waals surface area contributed by atoms with E-state index in [1.807, 2.05) is 0 Å².